The van der Waals surface area contributed by atoms with Gasteiger partial charge in [-0.05, 0) is 26.0 Å². The number of benzene rings is 1. The maximum absolute atomic E-state index is 12.2. The summed E-state index contributed by atoms with van der Waals surface area (Å²) >= 11 is 0. The molecule has 0 spiro atoms. The number of amides is 2. The smallest absolute Gasteiger partial charge is 0.359 e. The molecule has 11 heteroatoms. The van der Waals surface area contributed by atoms with Crippen molar-refractivity contribution in [2.24, 2.45) is 0 Å². The molecule has 30 heavy (non-hydrogen) atoms. The van der Waals surface area contributed by atoms with Crippen molar-refractivity contribution in [3.63, 3.8) is 0 Å². The topological polar surface area (TPSA) is 89.4 Å². The molecule has 1 saturated heterocycles. The first-order valence-electron chi connectivity index (χ1n) is 9.09. The Labute approximate surface area is 170 Å². The fourth-order valence-electron chi connectivity index (χ4n) is 3.01. The maximum Gasteiger partial charge on any atom is 0.411 e. The summed E-state index contributed by atoms with van der Waals surface area (Å²) in [6, 6.07) is 5.92. The van der Waals surface area contributed by atoms with Gasteiger partial charge in [0.2, 0.25) is 0 Å². The van der Waals surface area contributed by atoms with Crippen LogP contribution in [0.15, 0.2) is 30.6 Å². The Bertz CT molecular complexity index is 950. The fourth-order valence-corrected chi connectivity index (χ4v) is 3.01. The average Bonchev–Trinajstić information content (AvgIpc) is 3.25. The van der Waals surface area contributed by atoms with Gasteiger partial charge in [-0.15, -0.1) is 5.10 Å². The number of carbonyl (C=O) groups is 2. The fraction of sp³-hybridized carbons (Fsp3) is 0.368. The van der Waals surface area contributed by atoms with E-state index in [9.17, 15) is 22.8 Å². The van der Waals surface area contributed by atoms with E-state index in [-0.39, 0.29) is 13.0 Å². The van der Waals surface area contributed by atoms with E-state index in [1.807, 2.05) is 32.0 Å². The number of ether oxygens (including phenoxy) is 1. The van der Waals surface area contributed by atoms with Crippen LogP contribution in [-0.2, 0) is 14.3 Å². The highest BCUT2D eigenvalue weighted by Crippen LogP contribution is 2.20. The highest BCUT2D eigenvalue weighted by molar-refractivity contribution is 5.92. The van der Waals surface area contributed by atoms with Gasteiger partial charge in [-0.25, -0.2) is 9.67 Å². The van der Waals surface area contributed by atoms with Crippen LogP contribution in [0.3, 0.4) is 0 Å². The molecule has 160 valence electrons. The average molecular weight is 423 g/mol. The van der Waals surface area contributed by atoms with Gasteiger partial charge >= 0.3 is 6.18 Å². The zero-order valence-corrected chi connectivity index (χ0v) is 16.3. The van der Waals surface area contributed by atoms with Crippen LogP contribution in [-0.4, -0.2) is 57.0 Å². The van der Waals surface area contributed by atoms with Crippen LogP contribution in [0.4, 0.5) is 13.2 Å². The van der Waals surface area contributed by atoms with Crippen molar-refractivity contribution in [2.75, 3.05) is 13.2 Å². The lowest BCUT2D eigenvalue weighted by molar-refractivity contribution is -0.187. The number of hydrazine groups is 1. The summed E-state index contributed by atoms with van der Waals surface area (Å²) in [5.41, 5.74) is 5.31. The Balaban J connectivity index is 1.55. The maximum atomic E-state index is 12.2. The Kier molecular flexibility index (Phi) is 6.20. The summed E-state index contributed by atoms with van der Waals surface area (Å²) < 4.78 is 42.6. The van der Waals surface area contributed by atoms with Crippen LogP contribution in [0, 0.1) is 13.8 Å². The predicted octanol–water partition coefficient (Wildman–Crippen LogP) is 2.24. The quantitative estimate of drug-likeness (QED) is 0.720. The monoisotopic (exact) mass is 423 g/mol. The van der Waals surface area contributed by atoms with Crippen LogP contribution < -0.4 is 5.43 Å². The molecule has 2 heterocycles. The lowest BCUT2D eigenvalue weighted by Gasteiger charge is -2.17. The van der Waals surface area contributed by atoms with E-state index in [0.29, 0.717) is 5.82 Å². The molecule has 1 aromatic heterocycles. The predicted molar refractivity (Wildman–Crippen MR) is 101 cm³/mol. The van der Waals surface area contributed by atoms with Crippen molar-refractivity contribution in [2.45, 2.75) is 32.5 Å². The molecule has 0 unspecified atom stereocenters. The van der Waals surface area contributed by atoms with Crippen LogP contribution in [0.1, 0.15) is 17.5 Å². The summed E-state index contributed by atoms with van der Waals surface area (Å²) in [4.78, 5) is 28.3. The van der Waals surface area contributed by atoms with Gasteiger partial charge in [0.1, 0.15) is 19.0 Å². The number of alkyl halides is 3. The van der Waals surface area contributed by atoms with E-state index in [2.05, 4.69) is 20.2 Å². The van der Waals surface area contributed by atoms with Crippen LogP contribution in [0.25, 0.3) is 17.6 Å². The third-order valence-corrected chi connectivity index (χ3v) is 4.22. The zero-order valence-electron chi connectivity index (χ0n) is 16.3. The molecule has 0 radical (unpaired) electrons. The minimum Gasteiger partial charge on any atom is -0.359 e. The molecule has 1 fully saturated rings. The van der Waals surface area contributed by atoms with Crippen LogP contribution >= 0.6 is 0 Å². The second-order valence-electron chi connectivity index (χ2n) is 6.91. The third kappa shape index (κ3) is 5.66. The zero-order chi connectivity index (χ0) is 21.9. The number of carbonyl (C=O) groups excluding carboxylic acids is 2. The van der Waals surface area contributed by atoms with Gasteiger partial charge in [0.05, 0.1) is 0 Å². The molecule has 1 aliphatic heterocycles. The normalized spacial score (nSPS) is 17.2. The minimum atomic E-state index is -4.52. The summed E-state index contributed by atoms with van der Waals surface area (Å²) in [6.45, 7) is 2.48. The van der Waals surface area contributed by atoms with Gasteiger partial charge in [-0.1, -0.05) is 17.2 Å². The van der Waals surface area contributed by atoms with Gasteiger partial charge in [0.25, 0.3) is 11.8 Å². The molecule has 8 nitrogen and oxygen atoms in total. The van der Waals surface area contributed by atoms with Gasteiger partial charge < -0.3 is 4.74 Å². The van der Waals surface area contributed by atoms with Crippen molar-refractivity contribution in [1.82, 2.24) is 25.2 Å². The molecule has 2 amide bonds. The minimum absolute atomic E-state index is 0.0567. The molecule has 0 aliphatic carbocycles. The highest BCUT2D eigenvalue weighted by atomic mass is 19.4. The number of nitrogens with one attached hydrogen (secondary N) is 1. The molecular formula is C19H20F3N5O3. The number of hydrogen-bond acceptors (Lipinski definition) is 5. The number of aromatic nitrogens is 3. The van der Waals surface area contributed by atoms with Crippen molar-refractivity contribution < 1.29 is 27.5 Å². The first-order valence-corrected chi connectivity index (χ1v) is 9.09. The molecular weight excluding hydrogens is 403 g/mol. The van der Waals surface area contributed by atoms with E-state index in [1.54, 1.807) is 0 Å². The lowest BCUT2D eigenvalue weighted by atomic mass is 10.1. The largest absolute Gasteiger partial charge is 0.411 e. The summed E-state index contributed by atoms with van der Waals surface area (Å²) in [5, 5.41) is 5.21. The molecule has 3 rings (SSSR count). The summed E-state index contributed by atoms with van der Waals surface area (Å²) in [6.07, 6.45) is -1.77. The Morgan fingerprint density at radius 1 is 1.30 bits per heavy atom. The number of nitrogens with zero attached hydrogens (tertiary/aromatic N) is 4. The molecule has 1 atom stereocenters. The van der Waals surface area contributed by atoms with E-state index in [4.69, 9.17) is 0 Å². The van der Waals surface area contributed by atoms with Gasteiger partial charge in [0, 0.05) is 30.8 Å². The number of rotatable bonds is 6. The third-order valence-electron chi connectivity index (χ3n) is 4.22. The first-order chi connectivity index (χ1) is 14.1. The standard InChI is InChI=1S/C19H20F3N5O3/c1-12-7-13(2)9-14(8-12)17-23-11-26(25-17)5-4-16(28)24-27-6-3-15(18(27)29)30-10-19(20,21)22/h4-5,7-9,11,15H,3,6,10H2,1-2H3,(H,24,28)/b5-4-/t15-/m0/s1. The molecule has 1 aliphatic rings. The van der Waals surface area contributed by atoms with Crippen molar-refractivity contribution in [3.8, 4) is 11.4 Å². The Hall–Kier alpha value is -3.21. The van der Waals surface area contributed by atoms with E-state index in [1.165, 1.54) is 17.2 Å². The summed E-state index contributed by atoms with van der Waals surface area (Å²) in [5.74, 6) is -0.867. The molecule has 1 aromatic carbocycles. The van der Waals surface area contributed by atoms with Gasteiger partial charge in [-0.2, -0.15) is 13.2 Å². The van der Waals surface area contributed by atoms with Crippen molar-refractivity contribution in [1.29, 1.82) is 0 Å². The lowest BCUT2D eigenvalue weighted by Crippen LogP contribution is -2.44. The van der Waals surface area contributed by atoms with Gasteiger partial charge in [-0.3, -0.25) is 20.0 Å². The molecule has 2 aromatic rings. The van der Waals surface area contributed by atoms with Crippen LogP contribution in [0.5, 0.6) is 0 Å². The van der Waals surface area contributed by atoms with Gasteiger partial charge in [0.15, 0.2) is 5.82 Å². The molecule has 1 N–H and O–H groups in total. The second-order valence-corrected chi connectivity index (χ2v) is 6.91. The van der Waals surface area contributed by atoms with E-state index < -0.39 is 30.7 Å². The number of aryl methyl sites for hydroxylation is 2. The van der Waals surface area contributed by atoms with Crippen molar-refractivity contribution >= 4 is 18.0 Å². The Morgan fingerprint density at radius 2 is 2.00 bits per heavy atom. The first kappa shape index (κ1) is 21.5. The number of hydrogen-bond donors (Lipinski definition) is 1. The summed E-state index contributed by atoms with van der Waals surface area (Å²) in [7, 11) is 0. The second kappa shape index (κ2) is 8.66. The Morgan fingerprint density at radius 3 is 2.67 bits per heavy atom. The van der Waals surface area contributed by atoms with Crippen LogP contribution in [0.2, 0.25) is 0 Å². The van der Waals surface area contributed by atoms with Crippen molar-refractivity contribution in [3.05, 3.63) is 41.7 Å². The number of halogens is 3. The molecule has 0 bridgehead atoms. The molecule has 0 saturated carbocycles. The van der Waals surface area contributed by atoms with E-state index >= 15 is 0 Å². The van der Waals surface area contributed by atoms with E-state index in [0.717, 1.165) is 27.8 Å². The SMILES string of the molecule is Cc1cc(C)cc(-c2ncn(/C=C\C(=O)NN3CC[C@H](OCC(F)(F)F)C3=O)n2)c1. The highest BCUT2D eigenvalue weighted by Gasteiger charge is 2.37.